The molecule has 0 unspecified atom stereocenters. The largest absolute Gasteiger partial charge is 0.497 e. The Balaban J connectivity index is 1.56. The number of ether oxygens (including phenoxy) is 1. The fourth-order valence-electron chi connectivity index (χ4n) is 6.12. The van der Waals surface area contributed by atoms with E-state index in [1.54, 1.807) is 36.4 Å². The number of carbonyl (C=O) groups is 2. The maximum absolute atomic E-state index is 14.7. The van der Waals surface area contributed by atoms with Crippen LogP contribution in [0.4, 0.5) is 5.69 Å². The van der Waals surface area contributed by atoms with Crippen molar-refractivity contribution in [3.63, 3.8) is 0 Å². The molecule has 0 radical (unpaired) electrons. The standard InChI is InChI=1S/C38H42ClN3O5S/c1-28-10-9-13-30(24-28)26-41(36(25-29-11-5-3-6-12-29)38(44)40-32-14-7-4-8-15-32)37(43)27-42(33-18-16-31(39)17-19-33)48(45,46)35-22-20-34(47-2)21-23-35/h3,5-6,9-13,16-24,32,36H,4,7-8,14-15,25-27H2,1-2H3,(H,40,44)/t36-/m1/s1. The van der Waals surface area contributed by atoms with E-state index in [-0.39, 0.29) is 35.5 Å². The number of nitrogens with zero attached hydrogens (tertiary/aromatic N) is 2. The molecule has 2 amide bonds. The number of nitrogens with one attached hydrogen (secondary N) is 1. The number of rotatable bonds is 13. The van der Waals surface area contributed by atoms with Crippen molar-refractivity contribution in [1.82, 2.24) is 10.2 Å². The van der Waals surface area contributed by atoms with Crippen LogP contribution in [0, 0.1) is 6.92 Å². The summed E-state index contributed by atoms with van der Waals surface area (Å²) in [5.41, 5.74) is 3.01. The topological polar surface area (TPSA) is 96.0 Å². The maximum Gasteiger partial charge on any atom is 0.264 e. The van der Waals surface area contributed by atoms with Crippen LogP contribution in [0.3, 0.4) is 0 Å². The van der Waals surface area contributed by atoms with Crippen LogP contribution >= 0.6 is 11.6 Å². The van der Waals surface area contributed by atoms with Gasteiger partial charge in [-0.2, -0.15) is 0 Å². The Labute approximate surface area is 288 Å². The lowest BCUT2D eigenvalue weighted by Crippen LogP contribution is -2.55. The summed E-state index contributed by atoms with van der Waals surface area (Å²) in [4.78, 5) is 30.4. The van der Waals surface area contributed by atoms with Gasteiger partial charge in [0.25, 0.3) is 10.0 Å². The van der Waals surface area contributed by atoms with Gasteiger partial charge in [-0.05, 0) is 79.4 Å². The van der Waals surface area contributed by atoms with Gasteiger partial charge in [0.2, 0.25) is 11.8 Å². The van der Waals surface area contributed by atoms with Gasteiger partial charge in [-0.1, -0.05) is 91.0 Å². The van der Waals surface area contributed by atoms with Crippen molar-refractivity contribution >= 4 is 39.1 Å². The molecule has 1 N–H and O–H groups in total. The van der Waals surface area contributed by atoms with Gasteiger partial charge < -0.3 is 15.0 Å². The monoisotopic (exact) mass is 687 g/mol. The van der Waals surface area contributed by atoms with E-state index < -0.39 is 28.5 Å². The van der Waals surface area contributed by atoms with Crippen molar-refractivity contribution in [1.29, 1.82) is 0 Å². The van der Waals surface area contributed by atoms with E-state index in [0.717, 1.165) is 53.1 Å². The quantitative estimate of drug-likeness (QED) is 0.164. The Hall–Kier alpha value is -4.34. The molecule has 1 aliphatic carbocycles. The third-order valence-corrected chi connectivity index (χ3v) is 10.7. The van der Waals surface area contributed by atoms with Gasteiger partial charge >= 0.3 is 0 Å². The van der Waals surface area contributed by atoms with Gasteiger partial charge in [0.1, 0.15) is 18.3 Å². The molecule has 10 heteroatoms. The predicted octanol–water partition coefficient (Wildman–Crippen LogP) is 6.94. The minimum Gasteiger partial charge on any atom is -0.497 e. The van der Waals surface area contributed by atoms with Crippen LogP contribution in [-0.4, -0.2) is 50.9 Å². The highest BCUT2D eigenvalue weighted by Gasteiger charge is 2.35. The van der Waals surface area contributed by atoms with Gasteiger partial charge in [-0.3, -0.25) is 13.9 Å². The van der Waals surface area contributed by atoms with Crippen molar-refractivity contribution < 1.29 is 22.7 Å². The Morgan fingerprint density at radius 2 is 1.54 bits per heavy atom. The second kappa shape index (κ2) is 16.2. The molecule has 0 spiro atoms. The lowest BCUT2D eigenvalue weighted by molar-refractivity contribution is -0.140. The molecule has 1 fully saturated rings. The molecular weight excluding hydrogens is 646 g/mol. The normalized spacial score (nSPS) is 14.1. The average Bonchev–Trinajstić information content (AvgIpc) is 3.10. The molecule has 0 aromatic heterocycles. The molecule has 4 aromatic rings. The van der Waals surface area contributed by atoms with Crippen LogP contribution in [0.2, 0.25) is 5.02 Å². The second-order valence-electron chi connectivity index (χ2n) is 12.2. The van der Waals surface area contributed by atoms with E-state index >= 15 is 0 Å². The zero-order valence-electron chi connectivity index (χ0n) is 27.3. The van der Waals surface area contributed by atoms with E-state index in [9.17, 15) is 18.0 Å². The van der Waals surface area contributed by atoms with Gasteiger partial charge in [-0.15, -0.1) is 0 Å². The number of hydrogen-bond acceptors (Lipinski definition) is 5. The summed E-state index contributed by atoms with van der Waals surface area (Å²) >= 11 is 6.17. The number of hydrogen-bond donors (Lipinski definition) is 1. The highest BCUT2D eigenvalue weighted by atomic mass is 35.5. The van der Waals surface area contributed by atoms with E-state index in [0.29, 0.717) is 10.8 Å². The number of aryl methyl sites for hydroxylation is 1. The summed E-state index contributed by atoms with van der Waals surface area (Å²) in [6.07, 6.45) is 5.27. The van der Waals surface area contributed by atoms with Gasteiger partial charge in [0.05, 0.1) is 17.7 Å². The predicted molar refractivity (Wildman–Crippen MR) is 190 cm³/mol. The maximum atomic E-state index is 14.7. The highest BCUT2D eigenvalue weighted by Crippen LogP contribution is 2.28. The summed E-state index contributed by atoms with van der Waals surface area (Å²) in [6.45, 7) is 1.55. The van der Waals surface area contributed by atoms with E-state index in [1.165, 1.54) is 24.1 Å². The van der Waals surface area contributed by atoms with Crippen LogP contribution in [0.25, 0.3) is 0 Å². The number of sulfonamides is 1. The molecule has 0 aliphatic heterocycles. The second-order valence-corrected chi connectivity index (χ2v) is 14.5. The Morgan fingerprint density at radius 1 is 0.875 bits per heavy atom. The van der Waals surface area contributed by atoms with E-state index in [4.69, 9.17) is 16.3 Å². The molecule has 8 nitrogen and oxygen atoms in total. The first kappa shape index (κ1) is 35.0. The van der Waals surface area contributed by atoms with Gasteiger partial charge in [0.15, 0.2) is 0 Å². The first-order valence-electron chi connectivity index (χ1n) is 16.3. The molecule has 48 heavy (non-hydrogen) atoms. The third-order valence-electron chi connectivity index (χ3n) is 8.70. The SMILES string of the molecule is COc1ccc(S(=O)(=O)N(CC(=O)N(Cc2cccc(C)c2)[C@H](Cc2ccccc2)C(=O)NC2CCCCC2)c2ccc(Cl)cc2)cc1. The fourth-order valence-corrected chi connectivity index (χ4v) is 7.66. The average molecular weight is 688 g/mol. The summed E-state index contributed by atoms with van der Waals surface area (Å²) in [5.74, 6) is -0.258. The lowest BCUT2D eigenvalue weighted by Gasteiger charge is -2.35. The van der Waals surface area contributed by atoms with E-state index in [2.05, 4.69) is 5.32 Å². The Morgan fingerprint density at radius 3 is 2.19 bits per heavy atom. The summed E-state index contributed by atoms with van der Waals surface area (Å²) in [5, 5.41) is 3.66. The molecule has 0 heterocycles. The number of benzene rings is 4. The molecule has 4 aromatic carbocycles. The Kier molecular flexibility index (Phi) is 11.8. The molecule has 1 atom stereocenters. The minimum atomic E-state index is -4.24. The molecule has 5 rings (SSSR count). The molecule has 252 valence electrons. The number of methoxy groups -OCH3 is 1. The fraction of sp³-hybridized carbons (Fsp3) is 0.316. The van der Waals surface area contributed by atoms with Crippen molar-refractivity contribution in [3.8, 4) is 5.75 Å². The van der Waals surface area contributed by atoms with Crippen molar-refractivity contribution in [3.05, 3.63) is 125 Å². The molecular formula is C38H42ClN3O5S. The van der Waals surface area contributed by atoms with Crippen LogP contribution < -0.4 is 14.4 Å². The molecule has 1 aliphatic rings. The third kappa shape index (κ3) is 8.96. The molecule has 0 saturated heterocycles. The zero-order chi connectivity index (χ0) is 34.1. The van der Waals surface area contributed by atoms with Crippen LogP contribution in [-0.2, 0) is 32.6 Å². The molecule has 1 saturated carbocycles. The first-order valence-corrected chi connectivity index (χ1v) is 18.1. The summed E-state index contributed by atoms with van der Waals surface area (Å²) < 4.78 is 34.8. The highest BCUT2D eigenvalue weighted by molar-refractivity contribution is 7.92. The van der Waals surface area contributed by atoms with Gasteiger partial charge in [0, 0.05) is 24.0 Å². The van der Waals surface area contributed by atoms with Crippen LogP contribution in [0.15, 0.2) is 108 Å². The lowest BCUT2D eigenvalue weighted by atomic mass is 9.94. The van der Waals surface area contributed by atoms with Gasteiger partial charge in [-0.25, -0.2) is 8.42 Å². The van der Waals surface area contributed by atoms with Crippen molar-refractivity contribution in [2.45, 2.75) is 69.0 Å². The number of anilines is 1. The van der Waals surface area contributed by atoms with Crippen LogP contribution in [0.5, 0.6) is 5.75 Å². The first-order chi connectivity index (χ1) is 23.1. The number of amides is 2. The number of carbonyl (C=O) groups excluding carboxylic acids is 2. The zero-order valence-corrected chi connectivity index (χ0v) is 28.9. The summed E-state index contributed by atoms with van der Waals surface area (Å²) in [7, 11) is -2.74. The molecule has 0 bridgehead atoms. The van der Waals surface area contributed by atoms with E-state index in [1.807, 2.05) is 61.5 Å². The van der Waals surface area contributed by atoms with Crippen molar-refractivity contribution in [2.24, 2.45) is 0 Å². The smallest absolute Gasteiger partial charge is 0.264 e. The van der Waals surface area contributed by atoms with Crippen LogP contribution in [0.1, 0.15) is 48.8 Å². The number of halogens is 1. The minimum absolute atomic E-state index is 0.00726. The van der Waals surface area contributed by atoms with Crippen molar-refractivity contribution in [2.75, 3.05) is 18.0 Å². The Bertz CT molecular complexity index is 1780. The summed E-state index contributed by atoms with van der Waals surface area (Å²) in [6, 6.07) is 28.8.